The zero-order valence-corrected chi connectivity index (χ0v) is 11.7. The molecule has 0 amide bonds. The van der Waals surface area contributed by atoms with Gasteiger partial charge in [0.2, 0.25) is 0 Å². The summed E-state index contributed by atoms with van der Waals surface area (Å²) < 4.78 is 0. The van der Waals surface area contributed by atoms with Crippen molar-refractivity contribution in [2.24, 2.45) is 10.9 Å². The maximum atomic E-state index is 11.1. The van der Waals surface area contributed by atoms with Crippen LogP contribution < -0.4 is 5.32 Å². The second-order valence-electron chi connectivity index (χ2n) is 4.18. The van der Waals surface area contributed by atoms with Gasteiger partial charge >= 0.3 is 0 Å². The van der Waals surface area contributed by atoms with Crippen LogP contribution in [0.1, 0.15) is 31.3 Å². The van der Waals surface area contributed by atoms with Crippen molar-refractivity contribution in [2.45, 2.75) is 26.8 Å². The standard InChI is InChI=1S/C11H15N3OS2/c1-6-4-16-10(12-7(6)2)14-11-13-9(5-17-11)8(3)15/h5-7H,4H2,1-3H3,(H,12,13,14). The fourth-order valence-corrected chi connectivity index (χ4v) is 3.27. The molecule has 0 radical (unpaired) electrons. The van der Waals surface area contributed by atoms with Crippen molar-refractivity contribution in [2.75, 3.05) is 11.1 Å². The third kappa shape index (κ3) is 3.07. The highest BCUT2D eigenvalue weighted by atomic mass is 32.2. The predicted octanol–water partition coefficient (Wildman–Crippen LogP) is 2.89. The van der Waals surface area contributed by atoms with E-state index in [-0.39, 0.29) is 5.78 Å². The Morgan fingerprint density at radius 2 is 2.29 bits per heavy atom. The number of thiazole rings is 1. The molecule has 2 rings (SSSR count). The molecule has 0 aromatic carbocycles. The molecule has 1 aliphatic rings. The fourth-order valence-electron chi connectivity index (χ4n) is 1.35. The fraction of sp³-hybridized carbons (Fsp3) is 0.545. The van der Waals surface area contributed by atoms with Crippen LogP contribution in [0.2, 0.25) is 0 Å². The Labute approximate surface area is 109 Å². The Hall–Kier alpha value is -0.880. The van der Waals surface area contributed by atoms with E-state index < -0.39 is 0 Å². The van der Waals surface area contributed by atoms with E-state index in [9.17, 15) is 4.79 Å². The summed E-state index contributed by atoms with van der Waals surface area (Å²) in [5, 5.41) is 6.59. The van der Waals surface area contributed by atoms with Gasteiger partial charge in [-0.2, -0.15) is 0 Å². The summed E-state index contributed by atoms with van der Waals surface area (Å²) in [7, 11) is 0. The monoisotopic (exact) mass is 269 g/mol. The first kappa shape index (κ1) is 12.6. The van der Waals surface area contributed by atoms with Gasteiger partial charge in [-0.15, -0.1) is 11.3 Å². The van der Waals surface area contributed by atoms with Crippen molar-refractivity contribution in [1.82, 2.24) is 4.98 Å². The number of aliphatic imine (C=N–C) groups is 1. The quantitative estimate of drug-likeness (QED) is 0.839. The number of nitrogens with zero attached hydrogens (tertiary/aromatic N) is 2. The summed E-state index contributed by atoms with van der Waals surface area (Å²) in [5.74, 6) is 1.67. The van der Waals surface area contributed by atoms with E-state index in [1.807, 2.05) is 0 Å². The second kappa shape index (κ2) is 5.18. The average Bonchev–Trinajstić information content (AvgIpc) is 2.72. The van der Waals surface area contributed by atoms with E-state index in [4.69, 9.17) is 0 Å². The van der Waals surface area contributed by atoms with Crippen molar-refractivity contribution in [3.05, 3.63) is 11.1 Å². The molecule has 2 atom stereocenters. The molecule has 0 bridgehead atoms. The van der Waals surface area contributed by atoms with Crippen LogP contribution in [-0.4, -0.2) is 27.7 Å². The molecular weight excluding hydrogens is 254 g/mol. The molecule has 6 heteroatoms. The minimum atomic E-state index is -0.00507. The number of Topliss-reactive ketones (excluding diaryl/α,β-unsaturated/α-hetero) is 1. The predicted molar refractivity (Wildman–Crippen MR) is 74.3 cm³/mol. The summed E-state index contributed by atoms with van der Waals surface area (Å²) in [6.45, 7) is 5.85. The van der Waals surface area contributed by atoms with E-state index in [0.717, 1.165) is 16.1 Å². The number of amidine groups is 1. The Bertz CT molecular complexity index is 455. The van der Waals surface area contributed by atoms with Crippen LogP contribution in [-0.2, 0) is 0 Å². The number of hydrogen-bond acceptors (Lipinski definition) is 6. The highest BCUT2D eigenvalue weighted by Crippen LogP contribution is 2.25. The first-order chi connectivity index (χ1) is 8.06. The third-order valence-corrected chi connectivity index (χ3v) is 4.64. The zero-order valence-electron chi connectivity index (χ0n) is 10.1. The SMILES string of the molecule is CC(=O)c1csc(NC2=NC(C)C(C)CS2)n1. The molecule has 1 aromatic heterocycles. The Balaban J connectivity index is 2.05. The number of thioether (sulfide) groups is 1. The third-order valence-electron chi connectivity index (χ3n) is 2.71. The molecule has 0 spiro atoms. The summed E-state index contributed by atoms with van der Waals surface area (Å²) in [6.07, 6.45) is 0. The molecular formula is C11H15N3OS2. The van der Waals surface area contributed by atoms with Crippen molar-refractivity contribution in [3.8, 4) is 0 Å². The van der Waals surface area contributed by atoms with Crippen LogP contribution in [0.4, 0.5) is 5.13 Å². The van der Waals surface area contributed by atoms with Crippen LogP contribution >= 0.6 is 23.1 Å². The molecule has 2 heterocycles. The van der Waals surface area contributed by atoms with E-state index in [0.29, 0.717) is 17.7 Å². The van der Waals surface area contributed by atoms with Crippen molar-refractivity contribution in [1.29, 1.82) is 0 Å². The number of carbonyl (C=O) groups excluding carboxylic acids is 1. The molecule has 1 aromatic rings. The number of nitrogens with one attached hydrogen (secondary N) is 1. The first-order valence-corrected chi connectivity index (χ1v) is 7.37. The lowest BCUT2D eigenvalue weighted by atomic mass is 10.1. The first-order valence-electron chi connectivity index (χ1n) is 5.50. The van der Waals surface area contributed by atoms with Gasteiger partial charge in [0.15, 0.2) is 16.1 Å². The normalized spacial score (nSPS) is 24.3. The molecule has 1 N–H and O–H groups in total. The molecule has 1 aliphatic heterocycles. The smallest absolute Gasteiger partial charge is 0.189 e. The topological polar surface area (TPSA) is 54.4 Å². The molecule has 92 valence electrons. The minimum absolute atomic E-state index is 0.00507. The van der Waals surface area contributed by atoms with Gasteiger partial charge in [-0.3, -0.25) is 9.79 Å². The van der Waals surface area contributed by atoms with Gasteiger partial charge in [-0.1, -0.05) is 18.7 Å². The maximum absolute atomic E-state index is 11.1. The van der Waals surface area contributed by atoms with Crippen LogP contribution in [0.3, 0.4) is 0 Å². The zero-order chi connectivity index (χ0) is 12.4. The molecule has 0 aliphatic carbocycles. The van der Waals surface area contributed by atoms with Crippen LogP contribution in [0, 0.1) is 5.92 Å². The lowest BCUT2D eigenvalue weighted by Gasteiger charge is -2.22. The number of carbonyl (C=O) groups is 1. The molecule has 0 fully saturated rings. The summed E-state index contributed by atoms with van der Waals surface area (Å²) in [6, 6.07) is 0.339. The van der Waals surface area contributed by atoms with Gasteiger partial charge in [0, 0.05) is 18.1 Å². The number of aromatic nitrogens is 1. The van der Waals surface area contributed by atoms with Crippen molar-refractivity contribution >= 4 is 39.2 Å². The lowest BCUT2D eigenvalue weighted by molar-refractivity contribution is 0.101. The molecule has 2 unspecified atom stereocenters. The highest BCUT2D eigenvalue weighted by Gasteiger charge is 2.19. The Morgan fingerprint density at radius 1 is 1.53 bits per heavy atom. The van der Waals surface area contributed by atoms with Crippen LogP contribution in [0.25, 0.3) is 0 Å². The van der Waals surface area contributed by atoms with E-state index >= 15 is 0 Å². The van der Waals surface area contributed by atoms with Crippen LogP contribution in [0.15, 0.2) is 10.4 Å². The number of rotatable bonds is 2. The number of hydrogen-bond donors (Lipinski definition) is 1. The van der Waals surface area contributed by atoms with E-state index in [1.54, 1.807) is 17.1 Å². The lowest BCUT2D eigenvalue weighted by Crippen LogP contribution is -2.25. The largest absolute Gasteiger partial charge is 0.311 e. The number of ketones is 1. The van der Waals surface area contributed by atoms with Gasteiger partial charge in [0.1, 0.15) is 5.69 Å². The second-order valence-corrected chi connectivity index (χ2v) is 6.05. The maximum Gasteiger partial charge on any atom is 0.189 e. The molecule has 17 heavy (non-hydrogen) atoms. The van der Waals surface area contributed by atoms with Crippen molar-refractivity contribution < 1.29 is 4.79 Å². The van der Waals surface area contributed by atoms with E-state index in [1.165, 1.54) is 18.3 Å². The van der Waals surface area contributed by atoms with Gasteiger partial charge in [0.05, 0.1) is 6.04 Å². The van der Waals surface area contributed by atoms with Gasteiger partial charge in [0.25, 0.3) is 0 Å². The van der Waals surface area contributed by atoms with Gasteiger partial charge in [-0.05, 0) is 12.8 Å². The Kier molecular flexibility index (Phi) is 3.83. The summed E-state index contributed by atoms with van der Waals surface area (Å²) >= 11 is 3.14. The molecule has 0 saturated heterocycles. The Morgan fingerprint density at radius 3 is 2.88 bits per heavy atom. The average molecular weight is 269 g/mol. The highest BCUT2D eigenvalue weighted by molar-refractivity contribution is 8.14. The molecule has 4 nitrogen and oxygen atoms in total. The molecule has 0 saturated carbocycles. The minimum Gasteiger partial charge on any atom is -0.311 e. The summed E-state index contributed by atoms with van der Waals surface area (Å²) in [5.41, 5.74) is 0.514. The van der Waals surface area contributed by atoms with Gasteiger partial charge < -0.3 is 5.32 Å². The summed E-state index contributed by atoms with van der Waals surface area (Å²) in [4.78, 5) is 19.9. The van der Waals surface area contributed by atoms with Gasteiger partial charge in [-0.25, -0.2) is 4.98 Å². The van der Waals surface area contributed by atoms with Crippen LogP contribution in [0.5, 0.6) is 0 Å². The number of anilines is 1. The van der Waals surface area contributed by atoms with E-state index in [2.05, 4.69) is 29.1 Å². The van der Waals surface area contributed by atoms with Crippen molar-refractivity contribution in [3.63, 3.8) is 0 Å².